The van der Waals surface area contributed by atoms with Crippen LogP contribution in [0.5, 0.6) is 0 Å². The molecule has 0 heterocycles. The molecule has 0 aromatic rings. The average molecular weight is 257 g/mol. The number of carbonyl (C=O) groups excluding carboxylic acids is 2. The van der Waals surface area contributed by atoms with Crippen molar-refractivity contribution in [2.24, 2.45) is 11.8 Å². The summed E-state index contributed by atoms with van der Waals surface area (Å²) in [6.45, 7) is 6.05. The van der Waals surface area contributed by atoms with Crippen LogP contribution in [0.2, 0.25) is 0 Å². The number of ketones is 1. The van der Waals surface area contributed by atoms with Crippen LogP contribution in [0.25, 0.3) is 0 Å². The Morgan fingerprint density at radius 3 is 2.28 bits per heavy atom. The van der Waals surface area contributed by atoms with Gasteiger partial charge in [0.2, 0.25) is 5.78 Å². The van der Waals surface area contributed by atoms with Crippen LogP contribution in [0.1, 0.15) is 46.5 Å². The maximum atomic E-state index is 11.7. The molecule has 0 aliphatic carbocycles. The number of amides is 1. The summed E-state index contributed by atoms with van der Waals surface area (Å²) in [5, 5.41) is 11.0. The van der Waals surface area contributed by atoms with Crippen LogP contribution in [0.15, 0.2) is 0 Å². The SMILES string of the molecule is CCC(C)C(C)C(=O)C(=O)NCCCCC(=O)O. The summed E-state index contributed by atoms with van der Waals surface area (Å²) < 4.78 is 0. The first kappa shape index (κ1) is 16.6. The molecule has 2 unspecified atom stereocenters. The number of unbranched alkanes of at least 4 members (excludes halogenated alkanes) is 1. The molecule has 104 valence electrons. The van der Waals surface area contributed by atoms with Crippen molar-refractivity contribution in [3.8, 4) is 0 Å². The third-order valence-corrected chi connectivity index (χ3v) is 3.24. The van der Waals surface area contributed by atoms with Gasteiger partial charge < -0.3 is 10.4 Å². The van der Waals surface area contributed by atoms with E-state index in [0.29, 0.717) is 19.4 Å². The molecule has 0 spiro atoms. The Bertz CT molecular complexity index is 301. The van der Waals surface area contributed by atoms with Gasteiger partial charge in [0.05, 0.1) is 0 Å². The molecule has 0 aromatic carbocycles. The fourth-order valence-electron chi connectivity index (χ4n) is 1.51. The van der Waals surface area contributed by atoms with E-state index in [-0.39, 0.29) is 24.0 Å². The van der Waals surface area contributed by atoms with Gasteiger partial charge in [0.1, 0.15) is 0 Å². The minimum atomic E-state index is -0.845. The van der Waals surface area contributed by atoms with Crippen molar-refractivity contribution in [2.45, 2.75) is 46.5 Å². The predicted octanol–water partition coefficient (Wildman–Crippen LogP) is 1.61. The van der Waals surface area contributed by atoms with Gasteiger partial charge in [0.15, 0.2) is 0 Å². The number of aliphatic carboxylic acids is 1. The molecule has 0 bridgehead atoms. The molecule has 1 amide bonds. The highest BCUT2D eigenvalue weighted by molar-refractivity contribution is 6.36. The van der Waals surface area contributed by atoms with Crippen LogP contribution in [0.4, 0.5) is 0 Å². The highest BCUT2D eigenvalue weighted by Crippen LogP contribution is 2.15. The van der Waals surface area contributed by atoms with Crippen LogP contribution in [0.3, 0.4) is 0 Å². The molecule has 0 aromatic heterocycles. The van der Waals surface area contributed by atoms with E-state index in [9.17, 15) is 14.4 Å². The molecule has 5 heteroatoms. The van der Waals surface area contributed by atoms with Gasteiger partial charge in [0.25, 0.3) is 5.91 Å². The van der Waals surface area contributed by atoms with Gasteiger partial charge in [-0.05, 0) is 18.8 Å². The van der Waals surface area contributed by atoms with Crippen molar-refractivity contribution < 1.29 is 19.5 Å². The second-order valence-electron chi connectivity index (χ2n) is 4.65. The molecule has 2 atom stereocenters. The van der Waals surface area contributed by atoms with Crippen LogP contribution in [-0.2, 0) is 14.4 Å². The zero-order chi connectivity index (χ0) is 14.1. The summed E-state index contributed by atoms with van der Waals surface area (Å²) in [7, 11) is 0. The van der Waals surface area contributed by atoms with Gasteiger partial charge in [0, 0.05) is 18.9 Å². The Morgan fingerprint density at radius 2 is 1.78 bits per heavy atom. The molecule has 0 rings (SSSR count). The summed E-state index contributed by atoms with van der Waals surface area (Å²) in [5.41, 5.74) is 0. The summed E-state index contributed by atoms with van der Waals surface area (Å²) in [6, 6.07) is 0. The van der Waals surface area contributed by atoms with Crippen molar-refractivity contribution in [2.75, 3.05) is 6.54 Å². The minimum Gasteiger partial charge on any atom is -0.481 e. The first-order valence-electron chi connectivity index (χ1n) is 6.44. The van der Waals surface area contributed by atoms with E-state index in [4.69, 9.17) is 5.11 Å². The highest BCUT2D eigenvalue weighted by Gasteiger charge is 2.24. The molecule has 18 heavy (non-hydrogen) atoms. The van der Waals surface area contributed by atoms with Crippen molar-refractivity contribution in [1.82, 2.24) is 5.32 Å². The lowest BCUT2D eigenvalue weighted by Crippen LogP contribution is -2.37. The number of carboxylic acid groups (broad SMARTS) is 1. The van der Waals surface area contributed by atoms with E-state index in [1.54, 1.807) is 6.92 Å². The van der Waals surface area contributed by atoms with E-state index in [2.05, 4.69) is 5.32 Å². The highest BCUT2D eigenvalue weighted by atomic mass is 16.4. The Morgan fingerprint density at radius 1 is 1.17 bits per heavy atom. The van der Waals surface area contributed by atoms with E-state index in [1.807, 2.05) is 13.8 Å². The van der Waals surface area contributed by atoms with Crippen molar-refractivity contribution >= 4 is 17.7 Å². The number of hydrogen-bond donors (Lipinski definition) is 2. The molecular weight excluding hydrogens is 234 g/mol. The first-order chi connectivity index (χ1) is 8.40. The molecule has 0 aliphatic rings. The third kappa shape index (κ3) is 6.37. The van der Waals surface area contributed by atoms with E-state index < -0.39 is 11.9 Å². The monoisotopic (exact) mass is 257 g/mol. The predicted molar refractivity (Wildman–Crippen MR) is 68.1 cm³/mol. The number of hydrogen-bond acceptors (Lipinski definition) is 3. The summed E-state index contributed by atoms with van der Waals surface area (Å²) in [4.78, 5) is 33.5. The topological polar surface area (TPSA) is 83.5 Å². The van der Waals surface area contributed by atoms with E-state index in [1.165, 1.54) is 0 Å². The standard InChI is InChI=1S/C13H23NO4/c1-4-9(2)10(3)12(17)13(18)14-8-6-5-7-11(15)16/h9-10H,4-8H2,1-3H3,(H,14,18)(H,15,16). The second-order valence-corrected chi connectivity index (χ2v) is 4.65. The van der Waals surface area contributed by atoms with Gasteiger partial charge in [-0.1, -0.05) is 27.2 Å². The largest absolute Gasteiger partial charge is 0.481 e. The smallest absolute Gasteiger partial charge is 0.303 e. The molecule has 0 saturated heterocycles. The van der Waals surface area contributed by atoms with Gasteiger partial charge >= 0.3 is 5.97 Å². The minimum absolute atomic E-state index is 0.0904. The van der Waals surface area contributed by atoms with Crippen molar-refractivity contribution in [3.05, 3.63) is 0 Å². The zero-order valence-electron chi connectivity index (χ0n) is 11.4. The van der Waals surface area contributed by atoms with Gasteiger partial charge in [-0.2, -0.15) is 0 Å². The quantitative estimate of drug-likeness (QED) is 0.485. The molecule has 0 saturated carbocycles. The van der Waals surface area contributed by atoms with Crippen molar-refractivity contribution in [1.29, 1.82) is 0 Å². The zero-order valence-corrected chi connectivity index (χ0v) is 11.4. The van der Waals surface area contributed by atoms with Crippen LogP contribution < -0.4 is 5.32 Å². The second kappa shape index (κ2) is 8.66. The normalized spacial score (nSPS) is 13.7. The maximum absolute atomic E-state index is 11.7. The summed E-state index contributed by atoms with van der Waals surface area (Å²) >= 11 is 0. The van der Waals surface area contributed by atoms with Crippen molar-refractivity contribution in [3.63, 3.8) is 0 Å². The lowest BCUT2D eigenvalue weighted by molar-refractivity contribution is -0.140. The lowest BCUT2D eigenvalue weighted by Gasteiger charge is -2.16. The van der Waals surface area contributed by atoms with E-state index in [0.717, 1.165) is 6.42 Å². The lowest BCUT2D eigenvalue weighted by atomic mass is 9.89. The fraction of sp³-hybridized carbons (Fsp3) is 0.769. The third-order valence-electron chi connectivity index (χ3n) is 3.24. The Balaban J connectivity index is 3.88. The molecule has 0 aliphatic heterocycles. The number of rotatable bonds is 9. The molecule has 2 N–H and O–H groups in total. The first-order valence-corrected chi connectivity index (χ1v) is 6.44. The summed E-state index contributed by atoms with van der Waals surface area (Å²) in [5.74, 6) is -1.87. The molecular formula is C13H23NO4. The number of Topliss-reactive ketones (excluding diaryl/α,β-unsaturated/α-hetero) is 1. The summed E-state index contributed by atoms with van der Waals surface area (Å²) in [6.07, 6.45) is 2.03. The van der Waals surface area contributed by atoms with Gasteiger partial charge in [-0.3, -0.25) is 14.4 Å². The van der Waals surface area contributed by atoms with Crippen LogP contribution in [-0.4, -0.2) is 29.3 Å². The Kier molecular flexibility index (Phi) is 8.00. The Hall–Kier alpha value is -1.39. The number of carbonyl (C=O) groups is 3. The van der Waals surface area contributed by atoms with E-state index >= 15 is 0 Å². The molecule has 0 radical (unpaired) electrons. The Labute approximate surface area is 108 Å². The average Bonchev–Trinajstić information content (AvgIpc) is 2.34. The molecule has 0 fully saturated rings. The van der Waals surface area contributed by atoms with Crippen LogP contribution >= 0.6 is 0 Å². The molecule has 5 nitrogen and oxygen atoms in total. The maximum Gasteiger partial charge on any atom is 0.303 e. The van der Waals surface area contributed by atoms with Gasteiger partial charge in [-0.25, -0.2) is 0 Å². The number of nitrogens with one attached hydrogen (secondary N) is 1. The number of carboxylic acids is 1. The fourth-order valence-corrected chi connectivity index (χ4v) is 1.51. The van der Waals surface area contributed by atoms with Crippen LogP contribution in [0, 0.1) is 11.8 Å². The van der Waals surface area contributed by atoms with Gasteiger partial charge in [-0.15, -0.1) is 0 Å².